The predicted octanol–water partition coefficient (Wildman–Crippen LogP) is 4.44. The minimum absolute atomic E-state index is 0.134. The molecule has 4 heteroatoms. The molecule has 0 heterocycles. The third kappa shape index (κ3) is 2.56. The van der Waals surface area contributed by atoms with Crippen LogP contribution in [0.25, 0.3) is 0 Å². The first-order valence-corrected chi connectivity index (χ1v) is 8.12. The lowest BCUT2D eigenvalue weighted by Crippen LogP contribution is -2.31. The van der Waals surface area contributed by atoms with Gasteiger partial charge in [0.15, 0.2) is 5.78 Å². The van der Waals surface area contributed by atoms with Crippen molar-refractivity contribution in [3.8, 4) is 6.07 Å². The van der Waals surface area contributed by atoms with E-state index < -0.39 is 4.32 Å². The van der Waals surface area contributed by atoms with Crippen molar-refractivity contribution in [2.45, 2.75) is 17.2 Å². The third-order valence-corrected chi connectivity index (χ3v) is 5.45. The molecule has 21 heavy (non-hydrogen) atoms. The summed E-state index contributed by atoms with van der Waals surface area (Å²) in [7, 11) is 0. The normalized spacial score (nSPS) is 20.1. The molecule has 2 nitrogen and oxygen atoms in total. The van der Waals surface area contributed by atoms with E-state index in [9.17, 15) is 4.79 Å². The molecule has 0 bridgehead atoms. The van der Waals surface area contributed by atoms with Crippen molar-refractivity contribution in [3.63, 3.8) is 0 Å². The lowest BCUT2D eigenvalue weighted by atomic mass is 9.95. The van der Waals surface area contributed by atoms with Crippen LogP contribution in [0.15, 0.2) is 46.9 Å². The van der Waals surface area contributed by atoms with Gasteiger partial charge in [0.25, 0.3) is 0 Å². The summed E-state index contributed by atoms with van der Waals surface area (Å²) in [5.41, 5.74) is 3.52. The summed E-state index contributed by atoms with van der Waals surface area (Å²) in [4.78, 5) is 12.6. The molecule has 0 aromatic heterocycles. The second-order valence-electron chi connectivity index (χ2n) is 5.22. The monoisotopic (exact) mass is 403 g/mol. The van der Waals surface area contributed by atoms with Crippen molar-refractivity contribution in [3.05, 3.63) is 69.2 Å². The second-order valence-corrected chi connectivity index (χ2v) is 7.60. The van der Waals surface area contributed by atoms with Crippen LogP contribution in [0, 0.1) is 11.3 Å². The van der Waals surface area contributed by atoms with Crippen molar-refractivity contribution in [1.29, 1.82) is 5.26 Å². The Bertz CT molecular complexity index is 779. The number of nitrogens with zero attached hydrogens (tertiary/aromatic N) is 1. The molecule has 0 N–H and O–H groups in total. The maximum absolute atomic E-state index is 12.6. The number of carbonyl (C=O) groups is 1. The summed E-state index contributed by atoms with van der Waals surface area (Å²) in [5.74, 6) is 0.134. The number of alkyl halides is 1. The second kappa shape index (κ2) is 5.40. The van der Waals surface area contributed by atoms with Crippen molar-refractivity contribution < 1.29 is 4.79 Å². The van der Waals surface area contributed by atoms with Gasteiger partial charge in [0, 0.05) is 10.0 Å². The van der Waals surface area contributed by atoms with E-state index in [4.69, 9.17) is 5.26 Å². The molecule has 1 aliphatic carbocycles. The van der Waals surface area contributed by atoms with Gasteiger partial charge in [0.2, 0.25) is 0 Å². The lowest BCUT2D eigenvalue weighted by molar-refractivity contribution is 0.0960. The van der Waals surface area contributed by atoms with E-state index >= 15 is 0 Å². The number of benzene rings is 2. The fourth-order valence-electron chi connectivity index (χ4n) is 2.72. The van der Waals surface area contributed by atoms with Crippen molar-refractivity contribution >= 4 is 37.6 Å². The van der Waals surface area contributed by atoms with Crippen molar-refractivity contribution in [1.82, 2.24) is 0 Å². The average molecular weight is 405 g/mol. The molecule has 1 aliphatic rings. The molecule has 0 saturated carbocycles. The number of Topliss-reactive ketones (excluding diaryl/α,β-unsaturated/α-hetero) is 1. The van der Waals surface area contributed by atoms with E-state index in [2.05, 4.69) is 37.9 Å². The number of fused-ring (bicyclic) bond motifs is 1. The van der Waals surface area contributed by atoms with Crippen molar-refractivity contribution in [2.75, 3.05) is 0 Å². The van der Waals surface area contributed by atoms with Crippen LogP contribution in [0.5, 0.6) is 0 Å². The van der Waals surface area contributed by atoms with Gasteiger partial charge in [-0.2, -0.15) is 5.26 Å². The average Bonchev–Trinajstić information content (AvgIpc) is 2.73. The fourth-order valence-corrected chi connectivity index (χ4v) is 4.06. The summed E-state index contributed by atoms with van der Waals surface area (Å²) >= 11 is 7.15. The summed E-state index contributed by atoms with van der Waals surface area (Å²) in [5, 5.41) is 8.91. The van der Waals surface area contributed by atoms with E-state index in [1.165, 1.54) is 0 Å². The quantitative estimate of drug-likeness (QED) is 0.694. The molecule has 0 radical (unpaired) electrons. The van der Waals surface area contributed by atoms with Crippen LogP contribution >= 0.6 is 31.9 Å². The van der Waals surface area contributed by atoms with Gasteiger partial charge in [-0.15, -0.1) is 0 Å². The van der Waals surface area contributed by atoms with Crippen LogP contribution in [0.2, 0.25) is 0 Å². The standard InChI is InChI=1S/C17H11Br2NO/c18-15-7-11(10-20)5-6-13(15)9-17(19)8-12-3-1-2-4-14(12)16(17)21/h1-7H,8-9H2. The number of hydrogen-bond acceptors (Lipinski definition) is 2. The zero-order valence-corrected chi connectivity index (χ0v) is 14.2. The first-order chi connectivity index (χ1) is 10.0. The van der Waals surface area contributed by atoms with Crippen LogP contribution in [0.4, 0.5) is 0 Å². The predicted molar refractivity (Wildman–Crippen MR) is 88.7 cm³/mol. The summed E-state index contributed by atoms with van der Waals surface area (Å²) in [6, 6.07) is 15.3. The Kier molecular flexibility index (Phi) is 3.73. The van der Waals surface area contributed by atoms with Gasteiger partial charge in [-0.3, -0.25) is 4.79 Å². The topological polar surface area (TPSA) is 40.9 Å². The Balaban J connectivity index is 1.93. The molecule has 104 valence electrons. The van der Waals surface area contributed by atoms with E-state index in [-0.39, 0.29) is 5.78 Å². The van der Waals surface area contributed by atoms with Crippen LogP contribution in [0.3, 0.4) is 0 Å². The molecule has 1 unspecified atom stereocenters. The molecule has 0 saturated heterocycles. The molecule has 2 aromatic rings. The van der Waals surface area contributed by atoms with Gasteiger partial charge in [-0.25, -0.2) is 0 Å². The van der Waals surface area contributed by atoms with Gasteiger partial charge >= 0.3 is 0 Å². The highest BCUT2D eigenvalue weighted by Gasteiger charge is 2.43. The molecule has 3 rings (SSSR count). The zero-order chi connectivity index (χ0) is 15.0. The van der Waals surface area contributed by atoms with E-state index in [0.29, 0.717) is 18.4 Å². The van der Waals surface area contributed by atoms with Crippen LogP contribution in [-0.4, -0.2) is 10.1 Å². The maximum Gasteiger partial charge on any atom is 0.180 e. The first kappa shape index (κ1) is 14.5. The van der Waals surface area contributed by atoms with E-state index in [1.54, 1.807) is 12.1 Å². The summed E-state index contributed by atoms with van der Waals surface area (Å²) in [6.07, 6.45) is 1.28. The smallest absolute Gasteiger partial charge is 0.180 e. The summed E-state index contributed by atoms with van der Waals surface area (Å²) in [6.45, 7) is 0. The van der Waals surface area contributed by atoms with Crippen LogP contribution in [-0.2, 0) is 12.8 Å². The fraction of sp³-hybridized carbons (Fsp3) is 0.176. The lowest BCUT2D eigenvalue weighted by Gasteiger charge is -2.20. The van der Waals surface area contributed by atoms with Gasteiger partial charge in [0.05, 0.1) is 16.0 Å². The van der Waals surface area contributed by atoms with Gasteiger partial charge in [-0.1, -0.05) is 62.2 Å². The highest BCUT2D eigenvalue weighted by Crippen LogP contribution is 2.40. The number of hydrogen-bond donors (Lipinski definition) is 0. The molecule has 0 amide bonds. The Morgan fingerprint density at radius 2 is 2.00 bits per heavy atom. The van der Waals surface area contributed by atoms with Gasteiger partial charge in [-0.05, 0) is 36.1 Å². The molecule has 2 aromatic carbocycles. The minimum atomic E-state index is -0.590. The van der Waals surface area contributed by atoms with Crippen molar-refractivity contribution in [2.24, 2.45) is 0 Å². The number of ketones is 1. The SMILES string of the molecule is N#Cc1ccc(CC2(Br)Cc3ccccc3C2=O)c(Br)c1. The number of carbonyl (C=O) groups excluding carboxylic acids is 1. The van der Waals surface area contributed by atoms with Crippen LogP contribution in [0.1, 0.15) is 27.0 Å². The van der Waals surface area contributed by atoms with E-state index in [0.717, 1.165) is 21.2 Å². The Morgan fingerprint density at radius 3 is 2.67 bits per heavy atom. The van der Waals surface area contributed by atoms with Crippen LogP contribution < -0.4 is 0 Å². The number of halogens is 2. The third-order valence-electron chi connectivity index (χ3n) is 3.79. The Labute approximate surface area is 140 Å². The Morgan fingerprint density at radius 1 is 1.24 bits per heavy atom. The zero-order valence-electron chi connectivity index (χ0n) is 11.1. The molecule has 0 aliphatic heterocycles. The number of nitriles is 1. The molecule has 1 atom stereocenters. The van der Waals surface area contributed by atoms with E-state index in [1.807, 2.05) is 30.3 Å². The highest BCUT2D eigenvalue weighted by atomic mass is 79.9. The van der Waals surface area contributed by atoms with Gasteiger partial charge in [0.1, 0.15) is 0 Å². The minimum Gasteiger partial charge on any atom is -0.293 e. The highest BCUT2D eigenvalue weighted by molar-refractivity contribution is 9.10. The molecular formula is C17H11Br2NO. The summed E-state index contributed by atoms with van der Waals surface area (Å²) < 4.78 is 0.275. The first-order valence-electron chi connectivity index (χ1n) is 6.54. The number of rotatable bonds is 2. The largest absolute Gasteiger partial charge is 0.293 e. The van der Waals surface area contributed by atoms with Gasteiger partial charge < -0.3 is 0 Å². The maximum atomic E-state index is 12.6. The Hall–Kier alpha value is -1.44. The molecular weight excluding hydrogens is 394 g/mol. The molecule has 0 fully saturated rings. The molecule has 0 spiro atoms.